The van der Waals surface area contributed by atoms with Gasteiger partial charge in [-0.25, -0.2) is 4.79 Å². The van der Waals surface area contributed by atoms with E-state index in [-0.39, 0.29) is 28.5 Å². The first-order chi connectivity index (χ1) is 16.9. The van der Waals surface area contributed by atoms with Gasteiger partial charge < -0.3 is 24.7 Å². The summed E-state index contributed by atoms with van der Waals surface area (Å²) in [6.07, 6.45) is 0. The molecule has 1 aliphatic rings. The number of allylic oxidation sites excluding steroid dienone is 1. The minimum atomic E-state index is -0.701. The van der Waals surface area contributed by atoms with Gasteiger partial charge in [0.05, 0.1) is 30.6 Å². The Labute approximate surface area is 199 Å². The number of fused-ring (bicyclic) bond motifs is 1. The van der Waals surface area contributed by atoms with Gasteiger partial charge in [0, 0.05) is 23.8 Å². The van der Waals surface area contributed by atoms with Crippen LogP contribution in [0.15, 0.2) is 72.1 Å². The summed E-state index contributed by atoms with van der Waals surface area (Å²) in [5, 5.41) is 20.6. The number of nitro groups is 1. The number of esters is 1. The monoisotopic (exact) mass is 473 g/mol. The predicted molar refractivity (Wildman–Crippen MR) is 123 cm³/mol. The lowest BCUT2D eigenvalue weighted by Gasteiger charge is -2.27. The van der Waals surface area contributed by atoms with E-state index in [2.05, 4.69) is 6.07 Å². The summed E-state index contributed by atoms with van der Waals surface area (Å²) >= 11 is 0. The molecule has 0 fully saturated rings. The van der Waals surface area contributed by atoms with Crippen molar-refractivity contribution in [3.05, 3.63) is 98.9 Å². The number of carbonyl (C=O) groups excluding carboxylic acids is 1. The Kier molecular flexibility index (Phi) is 6.24. The second kappa shape index (κ2) is 9.44. The molecule has 176 valence electrons. The van der Waals surface area contributed by atoms with Gasteiger partial charge in [0.15, 0.2) is 11.5 Å². The van der Waals surface area contributed by atoms with Crippen molar-refractivity contribution in [3.8, 4) is 29.1 Å². The Bertz CT molecular complexity index is 1390. The second-order valence-electron chi connectivity index (χ2n) is 7.43. The number of nitrogens with zero attached hydrogens (tertiary/aromatic N) is 2. The van der Waals surface area contributed by atoms with Gasteiger partial charge in [0.1, 0.15) is 23.1 Å². The summed E-state index contributed by atoms with van der Waals surface area (Å²) in [6, 6.07) is 17.2. The fourth-order valence-corrected chi connectivity index (χ4v) is 3.76. The number of non-ortho nitro benzene ring substituents is 1. The average molecular weight is 473 g/mol. The minimum Gasteiger partial charge on any atom is -0.493 e. The zero-order valence-electron chi connectivity index (χ0n) is 18.7. The first kappa shape index (κ1) is 23.1. The van der Waals surface area contributed by atoms with Gasteiger partial charge in [-0.1, -0.05) is 12.1 Å². The van der Waals surface area contributed by atoms with E-state index in [1.807, 2.05) is 0 Å². The largest absolute Gasteiger partial charge is 0.493 e. The number of rotatable bonds is 6. The average Bonchev–Trinajstić information content (AvgIpc) is 2.87. The fourth-order valence-electron chi connectivity index (χ4n) is 3.76. The van der Waals surface area contributed by atoms with Crippen molar-refractivity contribution in [1.82, 2.24) is 0 Å². The number of nitro benzene ring substituents is 1. The normalized spacial score (nSPS) is 14.3. The van der Waals surface area contributed by atoms with E-state index in [1.54, 1.807) is 30.3 Å². The predicted octanol–water partition coefficient (Wildman–Crippen LogP) is 4.05. The molecule has 10 heteroatoms. The Hall–Kier alpha value is -5.04. The van der Waals surface area contributed by atoms with Crippen LogP contribution in [0, 0.1) is 21.4 Å². The van der Waals surface area contributed by atoms with Crippen LogP contribution in [0.1, 0.15) is 27.4 Å². The van der Waals surface area contributed by atoms with Crippen LogP contribution in [0.2, 0.25) is 0 Å². The maximum absolute atomic E-state index is 12.5. The highest BCUT2D eigenvalue weighted by Crippen LogP contribution is 2.45. The molecule has 0 bridgehead atoms. The van der Waals surface area contributed by atoms with Gasteiger partial charge in [0.2, 0.25) is 5.88 Å². The third kappa shape index (κ3) is 4.43. The van der Waals surface area contributed by atoms with Gasteiger partial charge in [-0.2, -0.15) is 5.26 Å². The number of hydrogen-bond donors (Lipinski definition) is 1. The molecule has 1 atom stereocenters. The number of nitrogens with two attached hydrogens (primary N) is 1. The summed E-state index contributed by atoms with van der Waals surface area (Å²) in [7, 11) is 3.04. The van der Waals surface area contributed by atoms with E-state index in [9.17, 15) is 20.2 Å². The molecule has 0 radical (unpaired) electrons. The highest BCUT2D eigenvalue weighted by Gasteiger charge is 2.31. The number of ether oxygens (including phenoxy) is 4. The Morgan fingerprint density at radius 3 is 2.40 bits per heavy atom. The molecule has 35 heavy (non-hydrogen) atoms. The SMILES string of the molecule is COc1ccc(C2C(C#N)=C(N)Oc3cc(OC(=O)c4ccc([N+](=O)[O-])cc4)ccc32)cc1OC. The number of methoxy groups -OCH3 is 2. The van der Waals surface area contributed by atoms with Crippen LogP contribution >= 0.6 is 0 Å². The lowest BCUT2D eigenvalue weighted by molar-refractivity contribution is -0.384. The van der Waals surface area contributed by atoms with Gasteiger partial charge in [0.25, 0.3) is 5.69 Å². The highest BCUT2D eigenvalue weighted by molar-refractivity contribution is 5.91. The molecule has 2 N–H and O–H groups in total. The Balaban J connectivity index is 1.67. The molecular formula is C25H19N3O7. The van der Waals surface area contributed by atoms with E-state index in [1.165, 1.54) is 44.6 Å². The zero-order valence-corrected chi connectivity index (χ0v) is 18.7. The van der Waals surface area contributed by atoms with Gasteiger partial charge in [-0.15, -0.1) is 0 Å². The highest BCUT2D eigenvalue weighted by atomic mass is 16.6. The quantitative estimate of drug-likeness (QED) is 0.242. The Morgan fingerprint density at radius 2 is 1.77 bits per heavy atom. The van der Waals surface area contributed by atoms with E-state index >= 15 is 0 Å². The van der Waals surface area contributed by atoms with E-state index < -0.39 is 16.8 Å². The van der Waals surface area contributed by atoms with Crippen molar-refractivity contribution in [2.75, 3.05) is 14.2 Å². The van der Waals surface area contributed by atoms with Crippen LogP contribution in [0.25, 0.3) is 0 Å². The summed E-state index contributed by atoms with van der Waals surface area (Å²) in [5.74, 6) is 0.187. The molecule has 3 aromatic rings. The Morgan fingerprint density at radius 1 is 1.06 bits per heavy atom. The first-order valence-electron chi connectivity index (χ1n) is 10.3. The van der Waals surface area contributed by atoms with Crippen molar-refractivity contribution in [1.29, 1.82) is 5.26 Å². The molecule has 1 aliphatic heterocycles. The first-order valence-corrected chi connectivity index (χ1v) is 10.3. The standard InChI is InChI=1S/C25H19N3O7/c1-32-20-10-5-15(11-22(20)33-2)23-18-9-8-17(12-21(18)35-24(27)19(23)13-26)34-25(29)14-3-6-16(7-4-14)28(30)31/h3-12,23H,27H2,1-2H3. The summed E-state index contributed by atoms with van der Waals surface area (Å²) in [4.78, 5) is 22.8. The number of nitriles is 1. The summed E-state index contributed by atoms with van der Waals surface area (Å²) < 4.78 is 21.8. The molecular weight excluding hydrogens is 454 g/mol. The maximum Gasteiger partial charge on any atom is 0.343 e. The van der Waals surface area contributed by atoms with Crippen LogP contribution in [-0.2, 0) is 0 Å². The molecule has 0 saturated heterocycles. The lowest BCUT2D eigenvalue weighted by atomic mass is 9.83. The molecule has 10 nitrogen and oxygen atoms in total. The van der Waals surface area contributed by atoms with Gasteiger partial charge in [-0.3, -0.25) is 10.1 Å². The molecule has 3 aromatic carbocycles. The minimum absolute atomic E-state index is 0.0707. The van der Waals surface area contributed by atoms with E-state index in [0.29, 0.717) is 22.8 Å². The number of hydrogen-bond acceptors (Lipinski definition) is 9. The topological polar surface area (TPSA) is 147 Å². The molecule has 0 aliphatic carbocycles. The van der Waals surface area contributed by atoms with Crippen LogP contribution in [0.4, 0.5) is 5.69 Å². The van der Waals surface area contributed by atoms with Crippen molar-refractivity contribution in [2.24, 2.45) is 5.73 Å². The smallest absolute Gasteiger partial charge is 0.343 e. The number of carbonyl (C=O) groups is 1. The van der Waals surface area contributed by atoms with E-state index in [0.717, 1.165) is 5.56 Å². The summed E-state index contributed by atoms with van der Waals surface area (Å²) in [5.41, 5.74) is 7.64. The second-order valence-corrected chi connectivity index (χ2v) is 7.43. The van der Waals surface area contributed by atoms with Gasteiger partial charge >= 0.3 is 5.97 Å². The molecule has 1 unspecified atom stereocenters. The van der Waals surface area contributed by atoms with Gasteiger partial charge in [-0.05, 0) is 35.9 Å². The maximum atomic E-state index is 12.5. The molecule has 0 amide bonds. The van der Waals surface area contributed by atoms with Crippen LogP contribution in [-0.4, -0.2) is 25.1 Å². The van der Waals surface area contributed by atoms with Crippen LogP contribution in [0.5, 0.6) is 23.0 Å². The zero-order chi connectivity index (χ0) is 25.1. The third-order valence-electron chi connectivity index (χ3n) is 5.46. The molecule has 1 heterocycles. The number of benzene rings is 3. The molecule has 0 saturated carbocycles. The van der Waals surface area contributed by atoms with Crippen LogP contribution < -0.4 is 24.7 Å². The van der Waals surface area contributed by atoms with Crippen molar-refractivity contribution in [3.63, 3.8) is 0 Å². The van der Waals surface area contributed by atoms with Crippen molar-refractivity contribution >= 4 is 11.7 Å². The van der Waals surface area contributed by atoms with E-state index in [4.69, 9.17) is 24.7 Å². The lowest BCUT2D eigenvalue weighted by Crippen LogP contribution is -2.21. The molecule has 0 aromatic heterocycles. The third-order valence-corrected chi connectivity index (χ3v) is 5.46. The molecule has 0 spiro atoms. The fraction of sp³-hybridized carbons (Fsp3) is 0.120. The van der Waals surface area contributed by atoms with Crippen molar-refractivity contribution in [2.45, 2.75) is 5.92 Å². The van der Waals surface area contributed by atoms with Crippen molar-refractivity contribution < 1.29 is 28.7 Å². The van der Waals surface area contributed by atoms with Crippen LogP contribution in [0.3, 0.4) is 0 Å². The molecule has 4 rings (SSSR count). The summed E-state index contributed by atoms with van der Waals surface area (Å²) in [6.45, 7) is 0.